The number of aromatic amines is 1. The molecule has 0 atom stereocenters. The van der Waals surface area contributed by atoms with Crippen molar-refractivity contribution >= 4 is 17.6 Å². The Morgan fingerprint density at radius 3 is 2.56 bits per heavy atom. The van der Waals surface area contributed by atoms with Gasteiger partial charge in [-0.3, -0.25) is 14.7 Å². The fourth-order valence-electron chi connectivity index (χ4n) is 3.11. The van der Waals surface area contributed by atoms with Crippen LogP contribution >= 0.6 is 0 Å². The van der Waals surface area contributed by atoms with Crippen molar-refractivity contribution in [3.63, 3.8) is 0 Å². The molecule has 8 heteroatoms. The predicted octanol–water partition coefficient (Wildman–Crippen LogP) is 0.412. The van der Waals surface area contributed by atoms with Crippen LogP contribution in [0.4, 0.5) is 5.82 Å². The van der Waals surface area contributed by atoms with Gasteiger partial charge in [0.05, 0.1) is 17.7 Å². The van der Waals surface area contributed by atoms with Gasteiger partial charge >= 0.3 is 0 Å². The lowest BCUT2D eigenvalue weighted by atomic mass is 10.1. The third-order valence-corrected chi connectivity index (χ3v) is 4.59. The lowest BCUT2D eigenvalue weighted by Gasteiger charge is -2.36. The molecule has 2 aromatic rings. The van der Waals surface area contributed by atoms with Crippen LogP contribution in [-0.4, -0.2) is 58.1 Å². The summed E-state index contributed by atoms with van der Waals surface area (Å²) in [4.78, 5) is 32.3. The van der Waals surface area contributed by atoms with E-state index in [9.17, 15) is 9.59 Å². The minimum absolute atomic E-state index is 0.0865. The molecule has 1 fully saturated rings. The van der Waals surface area contributed by atoms with Crippen LogP contribution in [0.15, 0.2) is 18.3 Å². The molecule has 3 N–H and O–H groups in total. The monoisotopic (exact) mass is 342 g/mol. The van der Waals surface area contributed by atoms with Gasteiger partial charge in [-0.1, -0.05) is 0 Å². The van der Waals surface area contributed by atoms with Crippen LogP contribution in [-0.2, 0) is 11.2 Å². The fourth-order valence-corrected chi connectivity index (χ4v) is 3.11. The van der Waals surface area contributed by atoms with E-state index in [1.165, 1.54) is 0 Å². The number of anilines is 1. The number of hydrogen-bond acceptors (Lipinski definition) is 5. The Labute approximate surface area is 146 Å². The summed E-state index contributed by atoms with van der Waals surface area (Å²) in [6.45, 7) is 6.23. The van der Waals surface area contributed by atoms with Crippen LogP contribution in [0.2, 0.25) is 0 Å². The van der Waals surface area contributed by atoms with E-state index in [2.05, 4.69) is 15.2 Å². The Morgan fingerprint density at radius 1 is 1.24 bits per heavy atom. The highest BCUT2D eigenvalue weighted by Crippen LogP contribution is 2.19. The number of pyridine rings is 1. The second-order valence-corrected chi connectivity index (χ2v) is 6.20. The Hall–Kier alpha value is -2.90. The number of nitrogens with two attached hydrogens (primary N) is 1. The Morgan fingerprint density at radius 2 is 1.96 bits per heavy atom. The molecule has 0 aromatic carbocycles. The van der Waals surface area contributed by atoms with Gasteiger partial charge in [0, 0.05) is 43.6 Å². The van der Waals surface area contributed by atoms with E-state index in [0.29, 0.717) is 44.0 Å². The van der Waals surface area contributed by atoms with Gasteiger partial charge in [0.1, 0.15) is 5.82 Å². The second-order valence-electron chi connectivity index (χ2n) is 6.20. The van der Waals surface area contributed by atoms with Crippen LogP contribution in [0.1, 0.15) is 27.3 Å². The highest BCUT2D eigenvalue weighted by molar-refractivity contribution is 5.97. The molecule has 1 saturated heterocycles. The summed E-state index contributed by atoms with van der Waals surface area (Å²) in [5.41, 5.74) is 8.60. The van der Waals surface area contributed by atoms with E-state index >= 15 is 0 Å². The first-order chi connectivity index (χ1) is 12.0. The number of aromatic nitrogens is 3. The molecule has 1 aliphatic rings. The van der Waals surface area contributed by atoms with Crippen molar-refractivity contribution in [2.75, 3.05) is 31.1 Å². The molecule has 0 saturated carbocycles. The molecular weight excluding hydrogens is 320 g/mol. The summed E-state index contributed by atoms with van der Waals surface area (Å²) in [5.74, 6) is 0.180. The van der Waals surface area contributed by atoms with Crippen molar-refractivity contribution in [3.8, 4) is 0 Å². The quantitative estimate of drug-likeness (QED) is 0.837. The third-order valence-electron chi connectivity index (χ3n) is 4.59. The molecule has 0 unspecified atom stereocenters. The fraction of sp³-hybridized carbons (Fsp3) is 0.412. The molecule has 1 aliphatic heterocycles. The predicted molar refractivity (Wildman–Crippen MR) is 93.3 cm³/mol. The second kappa shape index (κ2) is 6.92. The number of carbonyl (C=O) groups excluding carboxylic acids is 2. The van der Waals surface area contributed by atoms with E-state index < -0.39 is 5.91 Å². The molecule has 2 amide bonds. The van der Waals surface area contributed by atoms with E-state index in [0.717, 1.165) is 17.0 Å². The van der Waals surface area contributed by atoms with Crippen molar-refractivity contribution < 1.29 is 9.59 Å². The molecule has 3 heterocycles. The number of carbonyl (C=O) groups is 2. The van der Waals surface area contributed by atoms with Crippen LogP contribution in [0.5, 0.6) is 0 Å². The van der Waals surface area contributed by atoms with Crippen LogP contribution in [0.3, 0.4) is 0 Å². The average molecular weight is 342 g/mol. The number of amides is 2. The summed E-state index contributed by atoms with van der Waals surface area (Å²) in [6.07, 6.45) is 1.99. The first kappa shape index (κ1) is 16.9. The maximum absolute atomic E-state index is 12.6. The smallest absolute Gasteiger partial charge is 0.252 e. The molecule has 2 aromatic heterocycles. The molecule has 3 rings (SSSR count). The molecule has 0 bridgehead atoms. The lowest BCUT2D eigenvalue weighted by Crippen LogP contribution is -2.50. The first-order valence-corrected chi connectivity index (χ1v) is 8.25. The minimum atomic E-state index is -0.493. The normalized spacial score (nSPS) is 14.6. The molecular formula is C17H22N6O2. The van der Waals surface area contributed by atoms with Gasteiger partial charge in [0.2, 0.25) is 5.91 Å². The summed E-state index contributed by atoms with van der Waals surface area (Å²) in [7, 11) is 0. The minimum Gasteiger partial charge on any atom is -0.365 e. The Bertz CT molecular complexity index is 773. The average Bonchev–Trinajstić information content (AvgIpc) is 2.93. The number of H-pyrrole nitrogens is 1. The number of nitrogens with zero attached hydrogens (tertiary/aromatic N) is 4. The van der Waals surface area contributed by atoms with Gasteiger partial charge in [-0.2, -0.15) is 5.10 Å². The zero-order chi connectivity index (χ0) is 18.0. The van der Waals surface area contributed by atoms with Crippen molar-refractivity contribution in [3.05, 3.63) is 40.8 Å². The highest BCUT2D eigenvalue weighted by Gasteiger charge is 2.25. The van der Waals surface area contributed by atoms with Crippen LogP contribution in [0, 0.1) is 13.8 Å². The molecule has 0 spiro atoms. The van der Waals surface area contributed by atoms with Gasteiger partial charge < -0.3 is 15.5 Å². The molecule has 8 nitrogen and oxygen atoms in total. The zero-order valence-electron chi connectivity index (χ0n) is 14.5. The van der Waals surface area contributed by atoms with Gasteiger partial charge in [-0.05, 0) is 26.0 Å². The van der Waals surface area contributed by atoms with Gasteiger partial charge in [0.15, 0.2) is 0 Å². The maximum Gasteiger partial charge on any atom is 0.252 e. The van der Waals surface area contributed by atoms with Crippen molar-refractivity contribution in [1.82, 2.24) is 20.1 Å². The third kappa shape index (κ3) is 3.47. The Balaban J connectivity index is 1.64. The molecule has 0 aliphatic carbocycles. The maximum atomic E-state index is 12.6. The number of rotatable bonds is 4. The summed E-state index contributed by atoms with van der Waals surface area (Å²) in [5, 5.41) is 7.05. The van der Waals surface area contributed by atoms with Crippen molar-refractivity contribution in [1.29, 1.82) is 0 Å². The lowest BCUT2D eigenvalue weighted by molar-refractivity contribution is -0.130. The molecule has 132 valence electrons. The molecule has 0 radical (unpaired) electrons. The number of aryl methyl sites for hydroxylation is 2. The van der Waals surface area contributed by atoms with Crippen LogP contribution in [0.25, 0.3) is 0 Å². The largest absolute Gasteiger partial charge is 0.365 e. The van der Waals surface area contributed by atoms with E-state index in [1.807, 2.05) is 23.6 Å². The van der Waals surface area contributed by atoms with Crippen molar-refractivity contribution in [2.45, 2.75) is 20.3 Å². The summed E-state index contributed by atoms with van der Waals surface area (Å²) in [6, 6.07) is 3.37. The number of hydrogen-bond donors (Lipinski definition) is 2. The number of piperazine rings is 1. The number of primary amides is 1. The summed E-state index contributed by atoms with van der Waals surface area (Å²) >= 11 is 0. The van der Waals surface area contributed by atoms with Crippen LogP contribution < -0.4 is 10.6 Å². The number of nitrogens with one attached hydrogen (secondary N) is 1. The van der Waals surface area contributed by atoms with Gasteiger partial charge in [-0.15, -0.1) is 0 Å². The first-order valence-electron chi connectivity index (χ1n) is 8.25. The van der Waals surface area contributed by atoms with E-state index in [1.54, 1.807) is 18.3 Å². The van der Waals surface area contributed by atoms with Gasteiger partial charge in [0.25, 0.3) is 5.91 Å². The zero-order valence-corrected chi connectivity index (χ0v) is 14.5. The molecule has 25 heavy (non-hydrogen) atoms. The highest BCUT2D eigenvalue weighted by atomic mass is 16.2. The summed E-state index contributed by atoms with van der Waals surface area (Å²) < 4.78 is 0. The van der Waals surface area contributed by atoms with E-state index in [4.69, 9.17) is 5.73 Å². The van der Waals surface area contributed by atoms with Gasteiger partial charge in [-0.25, -0.2) is 4.98 Å². The SMILES string of the molecule is Cc1n[nH]c(C)c1CC(=O)N1CCN(c2ncccc2C(N)=O)CC1. The van der Waals surface area contributed by atoms with E-state index in [-0.39, 0.29) is 5.91 Å². The Kier molecular flexibility index (Phi) is 4.69. The van der Waals surface area contributed by atoms with Crippen molar-refractivity contribution in [2.24, 2.45) is 5.73 Å². The standard InChI is InChI=1S/C17H22N6O2/c1-11-14(12(2)21-20-11)10-15(24)22-6-8-23(9-7-22)17-13(16(18)25)4-3-5-19-17/h3-5H,6-10H2,1-2H3,(H2,18,25)(H,20,21). The topological polar surface area (TPSA) is 108 Å².